The molecule has 0 saturated carbocycles. The van der Waals surface area contributed by atoms with Gasteiger partial charge in [-0.15, -0.1) is 0 Å². The van der Waals surface area contributed by atoms with Gasteiger partial charge in [0, 0.05) is 0 Å². The van der Waals surface area contributed by atoms with Crippen LogP contribution in [0.2, 0.25) is 0 Å². The van der Waals surface area contributed by atoms with Crippen molar-refractivity contribution >= 4 is 0 Å². The Hall–Kier alpha value is -0.520. The van der Waals surface area contributed by atoms with Gasteiger partial charge in [0.15, 0.2) is 0 Å². The zero-order valence-electron chi connectivity index (χ0n) is 8.06. The van der Waals surface area contributed by atoms with Crippen LogP contribution in [0, 0.1) is 0 Å². The van der Waals surface area contributed by atoms with Crippen LogP contribution < -0.4 is 0 Å². The molecule has 0 heteroatoms. The van der Waals surface area contributed by atoms with Gasteiger partial charge in [-0.2, -0.15) is 0 Å². The Morgan fingerprint density at radius 2 is 2.00 bits per heavy atom. The van der Waals surface area contributed by atoms with Crippen LogP contribution in [0.4, 0.5) is 0 Å². The monoisotopic (exact) mass is 152 g/mol. The van der Waals surface area contributed by atoms with Crippen LogP contribution in [0.3, 0.4) is 0 Å². The molecular weight excluding hydrogens is 132 g/mol. The molecule has 11 heavy (non-hydrogen) atoms. The van der Waals surface area contributed by atoms with Gasteiger partial charge in [-0.05, 0) is 26.7 Å². The summed E-state index contributed by atoms with van der Waals surface area (Å²) in [7, 11) is 0. The van der Waals surface area contributed by atoms with Gasteiger partial charge in [-0.1, -0.05) is 43.6 Å². The number of hydrogen-bond donors (Lipinski definition) is 0. The van der Waals surface area contributed by atoms with E-state index in [1.807, 2.05) is 0 Å². The number of hydrogen-bond acceptors (Lipinski definition) is 0. The molecule has 0 aliphatic heterocycles. The Labute approximate surface area is 71.0 Å². The molecule has 0 aliphatic rings. The third-order valence-electron chi connectivity index (χ3n) is 1.82. The van der Waals surface area contributed by atoms with E-state index in [0.717, 1.165) is 6.42 Å². The minimum atomic E-state index is 1.13. The number of unbranched alkanes of at least 4 members (excludes halogenated alkanes) is 2. The summed E-state index contributed by atoms with van der Waals surface area (Å²) in [4.78, 5) is 0. The summed E-state index contributed by atoms with van der Waals surface area (Å²) in [6, 6.07) is 0. The Balaban J connectivity index is 3.30. The van der Waals surface area contributed by atoms with Crippen LogP contribution in [-0.4, -0.2) is 0 Å². The maximum Gasteiger partial charge on any atom is -0.0142 e. The summed E-state index contributed by atoms with van der Waals surface area (Å²) in [5.41, 5.74) is 1.46. The van der Waals surface area contributed by atoms with Crippen LogP contribution in [-0.2, 0) is 0 Å². The van der Waals surface area contributed by atoms with Gasteiger partial charge in [0.1, 0.15) is 0 Å². The van der Waals surface area contributed by atoms with Crippen LogP contribution in [0.15, 0.2) is 23.8 Å². The van der Waals surface area contributed by atoms with Gasteiger partial charge in [-0.3, -0.25) is 0 Å². The Kier molecular flexibility index (Phi) is 7.23. The maximum absolute atomic E-state index is 2.29. The average Bonchev–Trinajstić information content (AvgIpc) is 2.04. The Morgan fingerprint density at radius 3 is 2.55 bits per heavy atom. The summed E-state index contributed by atoms with van der Waals surface area (Å²) in [5.74, 6) is 0. The molecule has 0 heterocycles. The van der Waals surface area contributed by atoms with Crippen molar-refractivity contribution < 1.29 is 0 Å². The van der Waals surface area contributed by atoms with Gasteiger partial charge in [0.2, 0.25) is 0 Å². The lowest BCUT2D eigenvalue weighted by Crippen LogP contribution is -1.71. The largest absolute Gasteiger partial charge is 0.0884 e. The predicted molar refractivity (Wildman–Crippen MR) is 52.7 cm³/mol. The van der Waals surface area contributed by atoms with Gasteiger partial charge in [0.25, 0.3) is 0 Å². The first-order valence-electron chi connectivity index (χ1n) is 4.58. The van der Waals surface area contributed by atoms with Crippen molar-refractivity contribution in [3.63, 3.8) is 0 Å². The molecule has 0 bridgehead atoms. The fraction of sp³-hybridized carbons (Fsp3) is 0.636. The van der Waals surface area contributed by atoms with Crippen molar-refractivity contribution in [2.75, 3.05) is 0 Å². The first-order chi connectivity index (χ1) is 5.31. The molecule has 0 radical (unpaired) electrons. The van der Waals surface area contributed by atoms with Crippen molar-refractivity contribution in [2.45, 2.75) is 46.5 Å². The standard InChI is InChI=1S/C11H20/c1-4-6-7-8-9-10-11(3)5-2/h5,8-9H,4,6-7,10H2,1-3H3. The van der Waals surface area contributed by atoms with E-state index in [2.05, 4.69) is 39.0 Å². The molecule has 0 aromatic heterocycles. The fourth-order valence-corrected chi connectivity index (χ4v) is 0.827. The number of allylic oxidation sites excluding steroid dienone is 4. The second-order valence-electron chi connectivity index (χ2n) is 2.95. The van der Waals surface area contributed by atoms with E-state index >= 15 is 0 Å². The lowest BCUT2D eigenvalue weighted by Gasteiger charge is -1.92. The molecule has 0 N–H and O–H groups in total. The second kappa shape index (κ2) is 7.59. The molecule has 0 rings (SSSR count). The molecule has 0 aromatic carbocycles. The first-order valence-corrected chi connectivity index (χ1v) is 4.58. The molecule has 0 fully saturated rings. The highest BCUT2D eigenvalue weighted by atomic mass is 13.9. The Bertz CT molecular complexity index is 129. The molecule has 0 saturated heterocycles. The zero-order chi connectivity index (χ0) is 8.53. The summed E-state index contributed by atoms with van der Waals surface area (Å²) in [6.07, 6.45) is 11.7. The topological polar surface area (TPSA) is 0 Å². The molecule has 0 amide bonds. The zero-order valence-corrected chi connectivity index (χ0v) is 8.06. The lowest BCUT2D eigenvalue weighted by molar-refractivity contribution is 0.813. The predicted octanol–water partition coefficient (Wildman–Crippen LogP) is 4.09. The van der Waals surface area contributed by atoms with Crippen molar-refractivity contribution in [3.05, 3.63) is 23.8 Å². The van der Waals surface area contributed by atoms with Crippen molar-refractivity contribution in [3.8, 4) is 0 Å². The van der Waals surface area contributed by atoms with Crippen molar-refractivity contribution in [1.82, 2.24) is 0 Å². The molecule has 0 aromatic rings. The quantitative estimate of drug-likeness (QED) is 0.411. The summed E-state index contributed by atoms with van der Waals surface area (Å²) in [6.45, 7) is 6.49. The normalized spacial score (nSPS) is 12.8. The molecule has 0 nitrogen and oxygen atoms in total. The highest BCUT2D eigenvalue weighted by Gasteiger charge is 1.81. The molecule has 0 unspecified atom stereocenters. The Morgan fingerprint density at radius 1 is 1.27 bits per heavy atom. The van der Waals surface area contributed by atoms with E-state index in [9.17, 15) is 0 Å². The van der Waals surface area contributed by atoms with Gasteiger partial charge >= 0.3 is 0 Å². The SMILES string of the molecule is CC=C(C)CC=CCCCC. The van der Waals surface area contributed by atoms with Crippen molar-refractivity contribution in [1.29, 1.82) is 0 Å². The van der Waals surface area contributed by atoms with Crippen LogP contribution >= 0.6 is 0 Å². The molecule has 0 aliphatic carbocycles. The van der Waals surface area contributed by atoms with Crippen LogP contribution in [0.1, 0.15) is 46.5 Å². The summed E-state index contributed by atoms with van der Waals surface area (Å²) in [5, 5.41) is 0. The molecule has 0 atom stereocenters. The van der Waals surface area contributed by atoms with E-state index in [0.29, 0.717) is 0 Å². The highest BCUT2D eigenvalue weighted by Crippen LogP contribution is 2.02. The smallest absolute Gasteiger partial charge is 0.0142 e. The van der Waals surface area contributed by atoms with E-state index in [4.69, 9.17) is 0 Å². The minimum Gasteiger partial charge on any atom is -0.0884 e. The van der Waals surface area contributed by atoms with Crippen LogP contribution in [0.5, 0.6) is 0 Å². The van der Waals surface area contributed by atoms with E-state index < -0.39 is 0 Å². The third-order valence-corrected chi connectivity index (χ3v) is 1.82. The van der Waals surface area contributed by atoms with Gasteiger partial charge in [-0.25, -0.2) is 0 Å². The van der Waals surface area contributed by atoms with Crippen LogP contribution in [0.25, 0.3) is 0 Å². The fourth-order valence-electron chi connectivity index (χ4n) is 0.827. The summed E-state index contributed by atoms with van der Waals surface area (Å²) < 4.78 is 0. The number of rotatable bonds is 5. The van der Waals surface area contributed by atoms with E-state index in [1.54, 1.807) is 0 Å². The van der Waals surface area contributed by atoms with E-state index in [-0.39, 0.29) is 0 Å². The summed E-state index contributed by atoms with van der Waals surface area (Å²) >= 11 is 0. The van der Waals surface area contributed by atoms with Gasteiger partial charge in [0.05, 0.1) is 0 Å². The first kappa shape index (κ1) is 10.5. The lowest BCUT2D eigenvalue weighted by atomic mass is 10.2. The van der Waals surface area contributed by atoms with E-state index in [1.165, 1.54) is 24.8 Å². The molecule has 0 spiro atoms. The van der Waals surface area contributed by atoms with Crippen molar-refractivity contribution in [2.24, 2.45) is 0 Å². The molecule has 64 valence electrons. The average molecular weight is 152 g/mol. The maximum atomic E-state index is 2.29. The second-order valence-corrected chi connectivity index (χ2v) is 2.95. The third kappa shape index (κ3) is 7.38. The molecular formula is C11H20. The minimum absolute atomic E-state index is 1.13. The highest BCUT2D eigenvalue weighted by molar-refractivity contribution is 5.02. The van der Waals surface area contributed by atoms with Gasteiger partial charge < -0.3 is 0 Å².